The SMILES string of the molecule is CCSCC[CH2][Al]([CH2]C)[CH2]C. The van der Waals surface area contributed by atoms with Crippen molar-refractivity contribution in [2.75, 3.05) is 11.5 Å². The molecule has 0 spiro atoms. The highest BCUT2D eigenvalue weighted by Crippen LogP contribution is 2.10. The summed E-state index contributed by atoms with van der Waals surface area (Å²) in [6.45, 7) is 6.99. The van der Waals surface area contributed by atoms with Crippen molar-refractivity contribution in [1.82, 2.24) is 0 Å². The predicted molar refractivity (Wildman–Crippen MR) is 59.1 cm³/mol. The van der Waals surface area contributed by atoms with Crippen LogP contribution in [0.25, 0.3) is 0 Å². The second kappa shape index (κ2) is 8.97. The summed E-state index contributed by atoms with van der Waals surface area (Å²) < 4.78 is 0. The maximum atomic E-state index is 2.37. The molecule has 0 radical (unpaired) electrons. The third-order valence-electron chi connectivity index (χ3n) is 2.26. The highest BCUT2D eigenvalue weighted by atomic mass is 32.2. The van der Waals surface area contributed by atoms with Gasteiger partial charge in [-0.1, -0.05) is 43.0 Å². The van der Waals surface area contributed by atoms with Crippen LogP contribution in [0, 0.1) is 0 Å². The number of hydrogen-bond donors (Lipinski definition) is 0. The molecule has 0 unspecified atom stereocenters. The largest absolute Gasteiger partial charge is 0.261 e. The first kappa shape index (κ1) is 11.9. The van der Waals surface area contributed by atoms with Gasteiger partial charge in [0.15, 0.2) is 0 Å². The summed E-state index contributed by atoms with van der Waals surface area (Å²) in [6.07, 6.45) is 1.48. The monoisotopic (exact) mass is 188 g/mol. The van der Waals surface area contributed by atoms with Crippen molar-refractivity contribution < 1.29 is 0 Å². The number of rotatable bonds is 7. The summed E-state index contributed by atoms with van der Waals surface area (Å²) >= 11 is 1.85. The molecular weight excluding hydrogens is 167 g/mol. The zero-order valence-corrected chi connectivity index (χ0v) is 10.2. The Kier molecular flexibility index (Phi) is 9.69. The van der Waals surface area contributed by atoms with E-state index < -0.39 is 0 Å². The van der Waals surface area contributed by atoms with Crippen molar-refractivity contribution in [2.45, 2.75) is 43.0 Å². The van der Waals surface area contributed by atoms with Crippen LogP contribution in [0.5, 0.6) is 0 Å². The van der Waals surface area contributed by atoms with Gasteiger partial charge in [0.05, 0.1) is 0 Å². The van der Waals surface area contributed by atoms with Gasteiger partial charge in [-0.05, 0) is 11.5 Å². The van der Waals surface area contributed by atoms with Gasteiger partial charge in [0.1, 0.15) is 0 Å². The van der Waals surface area contributed by atoms with E-state index in [0.29, 0.717) is 0 Å². The smallest absolute Gasteiger partial charge is 0.162 e. The highest BCUT2D eigenvalue weighted by molar-refractivity contribution is 7.99. The van der Waals surface area contributed by atoms with Gasteiger partial charge in [-0.2, -0.15) is 11.8 Å². The molecule has 0 aliphatic carbocycles. The fourth-order valence-electron chi connectivity index (χ4n) is 1.32. The molecule has 0 aromatic heterocycles. The van der Waals surface area contributed by atoms with Crippen LogP contribution in [0.3, 0.4) is 0 Å². The van der Waals surface area contributed by atoms with Gasteiger partial charge in [-0.15, -0.1) is 0 Å². The average molecular weight is 188 g/mol. The van der Waals surface area contributed by atoms with Crippen LogP contribution in [0.4, 0.5) is 0 Å². The Morgan fingerprint density at radius 2 is 1.73 bits per heavy atom. The lowest BCUT2D eigenvalue weighted by Crippen LogP contribution is -2.08. The standard InChI is InChI=1S/C5H11S.2C2H5.Al/c1-3-5-6-4-2;2*1-2;/h1,3-5H2,2H3;2*1H2,2H3;. The lowest BCUT2D eigenvalue weighted by molar-refractivity contribution is 1.05. The molecule has 0 rings (SSSR count). The van der Waals surface area contributed by atoms with Gasteiger partial charge < -0.3 is 0 Å². The van der Waals surface area contributed by atoms with Gasteiger partial charge in [-0.3, -0.25) is 0 Å². The first-order valence-electron chi connectivity index (χ1n) is 4.92. The maximum absolute atomic E-state index is 2.37. The molecule has 0 aliphatic heterocycles. The van der Waals surface area contributed by atoms with Crippen molar-refractivity contribution in [1.29, 1.82) is 0 Å². The van der Waals surface area contributed by atoms with E-state index in [0.717, 1.165) is 0 Å². The van der Waals surface area contributed by atoms with Crippen LogP contribution < -0.4 is 0 Å². The molecule has 0 amide bonds. The van der Waals surface area contributed by atoms with Crippen molar-refractivity contribution in [3.8, 4) is 0 Å². The number of thioether (sulfide) groups is 1. The molecule has 2 heteroatoms. The molecule has 0 bridgehead atoms. The van der Waals surface area contributed by atoms with E-state index in [4.69, 9.17) is 0 Å². The van der Waals surface area contributed by atoms with Crippen LogP contribution in [0.1, 0.15) is 27.2 Å². The molecule has 0 aromatic carbocycles. The summed E-state index contributed by atoms with van der Waals surface area (Å²) in [5, 5.41) is 4.60. The van der Waals surface area contributed by atoms with E-state index in [-0.39, 0.29) is 14.1 Å². The fraction of sp³-hybridized carbons (Fsp3) is 1.00. The molecule has 0 atom stereocenters. The second-order valence-electron chi connectivity index (χ2n) is 3.02. The van der Waals surface area contributed by atoms with Crippen molar-refractivity contribution in [3.05, 3.63) is 0 Å². The molecule has 0 heterocycles. The maximum Gasteiger partial charge on any atom is 0.261 e. The Morgan fingerprint density at radius 3 is 2.18 bits per heavy atom. The summed E-state index contributed by atoms with van der Waals surface area (Å²) in [6, 6.07) is 0. The Hall–Kier alpha value is 0.882. The van der Waals surface area contributed by atoms with Crippen LogP contribution in [-0.4, -0.2) is 25.7 Å². The minimum Gasteiger partial charge on any atom is -0.162 e. The van der Waals surface area contributed by atoms with E-state index in [9.17, 15) is 0 Å². The molecule has 0 aromatic rings. The van der Waals surface area contributed by atoms with Crippen LogP contribution >= 0.6 is 11.8 Å². The van der Waals surface area contributed by atoms with E-state index in [1.165, 1.54) is 28.5 Å². The normalized spacial score (nSPS) is 10.1. The van der Waals surface area contributed by atoms with Gasteiger partial charge in [0.2, 0.25) is 0 Å². The molecular formula is C9H21AlS. The molecule has 11 heavy (non-hydrogen) atoms. The average Bonchev–Trinajstić information content (AvgIpc) is 2.05. The van der Waals surface area contributed by atoms with Crippen LogP contribution in [-0.2, 0) is 0 Å². The molecule has 0 N–H and O–H groups in total. The van der Waals surface area contributed by atoms with Gasteiger partial charge in [0.25, 0.3) is 14.1 Å². The first-order chi connectivity index (χ1) is 5.35. The molecule has 66 valence electrons. The van der Waals surface area contributed by atoms with Gasteiger partial charge in [0, 0.05) is 0 Å². The highest BCUT2D eigenvalue weighted by Gasteiger charge is 2.09. The predicted octanol–water partition coefficient (Wildman–Crippen LogP) is 3.66. The Labute approximate surface area is 80.5 Å². The van der Waals surface area contributed by atoms with Crippen molar-refractivity contribution >= 4 is 25.9 Å². The minimum atomic E-state index is -0.248. The van der Waals surface area contributed by atoms with Gasteiger partial charge >= 0.3 is 0 Å². The van der Waals surface area contributed by atoms with Crippen molar-refractivity contribution in [3.63, 3.8) is 0 Å². The third-order valence-corrected chi connectivity index (χ3v) is 6.78. The Balaban J connectivity index is 3.07. The first-order valence-corrected chi connectivity index (χ1v) is 8.53. The summed E-state index contributed by atoms with van der Waals surface area (Å²) in [5.74, 6) is 2.70. The minimum absolute atomic E-state index is 0.248. The molecule has 0 nitrogen and oxygen atoms in total. The lowest BCUT2D eigenvalue weighted by Gasteiger charge is -2.04. The van der Waals surface area contributed by atoms with Crippen molar-refractivity contribution in [2.24, 2.45) is 0 Å². The van der Waals surface area contributed by atoms with Crippen LogP contribution in [0.15, 0.2) is 0 Å². The molecule has 0 aliphatic rings. The van der Waals surface area contributed by atoms with E-state index in [2.05, 4.69) is 32.5 Å². The molecule has 0 saturated carbocycles. The molecule has 0 fully saturated rings. The van der Waals surface area contributed by atoms with Crippen LogP contribution in [0.2, 0.25) is 15.8 Å². The fourth-order valence-corrected chi connectivity index (χ4v) is 4.45. The quantitative estimate of drug-likeness (QED) is 0.434. The third kappa shape index (κ3) is 7.25. The van der Waals surface area contributed by atoms with E-state index in [1.807, 2.05) is 0 Å². The summed E-state index contributed by atoms with van der Waals surface area (Å²) in [4.78, 5) is 0. The molecule has 0 saturated heterocycles. The van der Waals surface area contributed by atoms with E-state index in [1.54, 1.807) is 5.28 Å². The van der Waals surface area contributed by atoms with Gasteiger partial charge in [-0.25, -0.2) is 0 Å². The Morgan fingerprint density at radius 1 is 1.09 bits per heavy atom. The second-order valence-corrected chi connectivity index (χ2v) is 8.36. The number of hydrogen-bond acceptors (Lipinski definition) is 1. The Bertz CT molecular complexity index is 72.0. The topological polar surface area (TPSA) is 0 Å². The van der Waals surface area contributed by atoms with E-state index >= 15 is 0 Å². The summed E-state index contributed by atoms with van der Waals surface area (Å²) in [5.41, 5.74) is 0. The summed E-state index contributed by atoms with van der Waals surface area (Å²) in [7, 11) is 0. The zero-order valence-electron chi connectivity index (χ0n) is 8.23. The zero-order chi connectivity index (χ0) is 8.53. The lowest BCUT2D eigenvalue weighted by atomic mass is 10.6.